The Hall–Kier alpha value is -2.67. The molecule has 0 bridgehead atoms. The van der Waals surface area contributed by atoms with E-state index in [1.807, 2.05) is 30.5 Å². The molecule has 1 saturated heterocycles. The lowest BCUT2D eigenvalue weighted by Crippen LogP contribution is -2.47. The van der Waals surface area contributed by atoms with E-state index in [-0.39, 0.29) is 30.4 Å². The van der Waals surface area contributed by atoms with Crippen LogP contribution in [-0.4, -0.2) is 61.7 Å². The molecule has 1 fully saturated rings. The molecule has 0 saturated carbocycles. The number of pyridine rings is 1. The van der Waals surface area contributed by atoms with Crippen LogP contribution in [0.15, 0.2) is 36.5 Å². The van der Waals surface area contributed by atoms with Gasteiger partial charge in [0.2, 0.25) is 5.91 Å². The molecule has 0 radical (unpaired) electrons. The van der Waals surface area contributed by atoms with Gasteiger partial charge in [0, 0.05) is 31.6 Å². The van der Waals surface area contributed by atoms with Crippen LogP contribution in [0, 0.1) is 5.92 Å². The Labute approximate surface area is 152 Å². The van der Waals surface area contributed by atoms with Crippen molar-refractivity contribution in [1.82, 2.24) is 20.5 Å². The molecule has 7 heteroatoms. The van der Waals surface area contributed by atoms with Gasteiger partial charge in [-0.1, -0.05) is 18.2 Å². The highest BCUT2D eigenvalue weighted by Gasteiger charge is 2.30. The molecular formula is C19H24N4O3. The molecule has 7 nitrogen and oxygen atoms in total. The summed E-state index contributed by atoms with van der Waals surface area (Å²) < 4.78 is 5.59. The van der Waals surface area contributed by atoms with Crippen LogP contribution in [0.5, 0.6) is 0 Å². The number of benzene rings is 1. The number of nitrogens with one attached hydrogen (secondary N) is 2. The van der Waals surface area contributed by atoms with Crippen molar-refractivity contribution in [2.75, 3.05) is 33.9 Å². The fraction of sp³-hybridized carbons (Fsp3) is 0.421. The molecule has 3 rings (SSSR count). The van der Waals surface area contributed by atoms with Crippen LogP contribution in [0.3, 0.4) is 0 Å². The van der Waals surface area contributed by atoms with Crippen molar-refractivity contribution >= 4 is 22.8 Å². The normalized spacial score (nSPS) is 19.3. The highest BCUT2D eigenvalue weighted by Crippen LogP contribution is 2.24. The summed E-state index contributed by atoms with van der Waals surface area (Å²) in [6.07, 6.45) is 2.62. The zero-order chi connectivity index (χ0) is 18.5. The van der Waals surface area contributed by atoms with Gasteiger partial charge in [-0.25, -0.2) is 4.79 Å². The average molecular weight is 356 g/mol. The summed E-state index contributed by atoms with van der Waals surface area (Å²) in [5.74, 6) is -0.0189. The van der Waals surface area contributed by atoms with E-state index in [1.54, 1.807) is 14.1 Å². The summed E-state index contributed by atoms with van der Waals surface area (Å²) in [6.45, 7) is 1.05. The lowest BCUT2D eigenvalue weighted by Gasteiger charge is -2.20. The van der Waals surface area contributed by atoms with Gasteiger partial charge in [-0.05, 0) is 24.1 Å². The Bertz CT molecular complexity index is 788. The molecule has 2 N–H and O–H groups in total. The smallest absolute Gasteiger partial charge is 0.317 e. The summed E-state index contributed by atoms with van der Waals surface area (Å²) in [5, 5.41) is 6.68. The van der Waals surface area contributed by atoms with E-state index in [1.165, 1.54) is 10.5 Å². The highest BCUT2D eigenvalue weighted by atomic mass is 16.5. The van der Waals surface area contributed by atoms with Crippen molar-refractivity contribution in [2.45, 2.75) is 12.5 Å². The third-order valence-electron chi connectivity index (χ3n) is 4.57. The SMILES string of the molecule is CN(C)C(=O)NCC(=O)N[C@H]1COC[C@H]1Cc1ccnc2ccccc12. The second-order valence-electron chi connectivity index (χ2n) is 6.72. The predicted octanol–water partition coefficient (Wildman–Crippen LogP) is 1.18. The average Bonchev–Trinajstić information content (AvgIpc) is 3.06. The maximum atomic E-state index is 12.1. The first-order valence-electron chi connectivity index (χ1n) is 8.69. The van der Waals surface area contributed by atoms with Crippen LogP contribution in [0.25, 0.3) is 10.9 Å². The van der Waals surface area contributed by atoms with E-state index in [0.29, 0.717) is 13.2 Å². The largest absolute Gasteiger partial charge is 0.379 e. The number of rotatable bonds is 5. The first-order chi connectivity index (χ1) is 12.5. The first kappa shape index (κ1) is 18.1. The lowest BCUT2D eigenvalue weighted by atomic mass is 9.93. The van der Waals surface area contributed by atoms with Gasteiger partial charge < -0.3 is 20.3 Å². The number of hydrogen-bond donors (Lipinski definition) is 2. The fourth-order valence-electron chi connectivity index (χ4n) is 3.15. The number of hydrogen-bond acceptors (Lipinski definition) is 4. The Morgan fingerprint density at radius 1 is 1.23 bits per heavy atom. The van der Waals surface area contributed by atoms with Crippen LogP contribution in [0.4, 0.5) is 4.79 Å². The number of para-hydroxylation sites is 1. The predicted molar refractivity (Wildman–Crippen MR) is 98.8 cm³/mol. The van der Waals surface area contributed by atoms with Crippen LogP contribution in [-0.2, 0) is 16.0 Å². The second kappa shape index (κ2) is 8.14. The Morgan fingerprint density at radius 3 is 2.85 bits per heavy atom. The molecule has 2 heterocycles. The number of fused-ring (bicyclic) bond motifs is 1. The zero-order valence-corrected chi connectivity index (χ0v) is 15.1. The molecule has 2 atom stereocenters. The molecule has 1 aliphatic rings. The lowest BCUT2D eigenvalue weighted by molar-refractivity contribution is -0.121. The molecule has 0 aliphatic carbocycles. The fourth-order valence-corrected chi connectivity index (χ4v) is 3.15. The third-order valence-corrected chi connectivity index (χ3v) is 4.57. The maximum absolute atomic E-state index is 12.1. The summed E-state index contributed by atoms with van der Waals surface area (Å²) in [5.41, 5.74) is 2.17. The molecule has 1 aliphatic heterocycles. The van der Waals surface area contributed by atoms with Gasteiger partial charge in [0.05, 0.1) is 31.3 Å². The number of urea groups is 1. The molecule has 26 heavy (non-hydrogen) atoms. The topological polar surface area (TPSA) is 83.6 Å². The Kier molecular flexibility index (Phi) is 5.68. The van der Waals surface area contributed by atoms with Crippen molar-refractivity contribution < 1.29 is 14.3 Å². The molecule has 1 aromatic heterocycles. The van der Waals surface area contributed by atoms with Gasteiger partial charge >= 0.3 is 6.03 Å². The van der Waals surface area contributed by atoms with Crippen LogP contribution >= 0.6 is 0 Å². The number of nitrogens with zero attached hydrogens (tertiary/aromatic N) is 2. The van der Waals surface area contributed by atoms with Gasteiger partial charge in [0.25, 0.3) is 0 Å². The van der Waals surface area contributed by atoms with E-state index in [2.05, 4.69) is 21.7 Å². The van der Waals surface area contributed by atoms with Gasteiger partial charge in [-0.2, -0.15) is 0 Å². The minimum absolute atomic E-state index is 0.0432. The minimum Gasteiger partial charge on any atom is -0.379 e. The first-order valence-corrected chi connectivity index (χ1v) is 8.69. The van der Waals surface area contributed by atoms with Crippen molar-refractivity contribution in [1.29, 1.82) is 0 Å². The molecule has 0 unspecified atom stereocenters. The zero-order valence-electron chi connectivity index (χ0n) is 15.1. The quantitative estimate of drug-likeness (QED) is 0.843. The van der Waals surface area contributed by atoms with Crippen molar-refractivity contribution in [3.63, 3.8) is 0 Å². The van der Waals surface area contributed by atoms with E-state index in [9.17, 15) is 9.59 Å². The number of carbonyl (C=O) groups excluding carboxylic acids is 2. The number of ether oxygens (including phenoxy) is 1. The number of amides is 3. The molecule has 1 aromatic carbocycles. The van der Waals surface area contributed by atoms with Crippen molar-refractivity contribution in [3.8, 4) is 0 Å². The highest BCUT2D eigenvalue weighted by molar-refractivity contribution is 5.84. The molecular weight excluding hydrogens is 332 g/mol. The summed E-state index contributed by atoms with van der Waals surface area (Å²) in [7, 11) is 3.26. The second-order valence-corrected chi connectivity index (χ2v) is 6.72. The van der Waals surface area contributed by atoms with Crippen LogP contribution in [0.1, 0.15) is 5.56 Å². The monoisotopic (exact) mass is 356 g/mol. The molecule has 0 spiro atoms. The molecule has 3 amide bonds. The Morgan fingerprint density at radius 2 is 2.04 bits per heavy atom. The van der Waals surface area contributed by atoms with Crippen LogP contribution in [0.2, 0.25) is 0 Å². The summed E-state index contributed by atoms with van der Waals surface area (Å²) >= 11 is 0. The van der Waals surface area contributed by atoms with Gasteiger partial charge in [-0.15, -0.1) is 0 Å². The van der Waals surface area contributed by atoms with Crippen LogP contribution < -0.4 is 10.6 Å². The number of aromatic nitrogens is 1. The van der Waals surface area contributed by atoms with E-state index in [4.69, 9.17) is 4.74 Å². The van der Waals surface area contributed by atoms with Gasteiger partial charge in [0.1, 0.15) is 0 Å². The molecule has 138 valence electrons. The standard InChI is InChI=1S/C19H24N4O3/c1-23(2)19(25)21-10-18(24)22-17-12-26-11-14(17)9-13-7-8-20-16-6-4-3-5-15(13)16/h3-8,14,17H,9-12H2,1-2H3,(H,21,25)(H,22,24)/t14-,17+/m1/s1. The Balaban J connectivity index is 1.61. The van der Waals surface area contributed by atoms with Crippen molar-refractivity contribution in [3.05, 3.63) is 42.1 Å². The third kappa shape index (κ3) is 4.29. The molecule has 2 aromatic rings. The van der Waals surface area contributed by atoms with Gasteiger partial charge in [-0.3, -0.25) is 9.78 Å². The van der Waals surface area contributed by atoms with E-state index >= 15 is 0 Å². The summed E-state index contributed by atoms with van der Waals surface area (Å²) in [4.78, 5) is 29.4. The minimum atomic E-state index is -0.289. The maximum Gasteiger partial charge on any atom is 0.317 e. The van der Waals surface area contributed by atoms with E-state index in [0.717, 1.165) is 17.3 Å². The summed E-state index contributed by atoms with van der Waals surface area (Å²) in [6, 6.07) is 9.72. The van der Waals surface area contributed by atoms with E-state index < -0.39 is 0 Å². The van der Waals surface area contributed by atoms with Gasteiger partial charge in [0.15, 0.2) is 0 Å². The van der Waals surface area contributed by atoms with Crippen molar-refractivity contribution in [2.24, 2.45) is 5.92 Å². The number of carbonyl (C=O) groups is 2.